The van der Waals surface area contributed by atoms with Gasteiger partial charge in [0.05, 0.1) is 18.8 Å². The first-order chi connectivity index (χ1) is 10.3. The summed E-state index contributed by atoms with van der Waals surface area (Å²) in [6, 6.07) is 3.71. The molecule has 0 radical (unpaired) electrons. The number of rotatable bonds is 3. The van der Waals surface area contributed by atoms with Crippen LogP contribution in [0.2, 0.25) is 0 Å². The second kappa shape index (κ2) is 5.11. The predicted molar refractivity (Wildman–Crippen MR) is 76.1 cm³/mol. The first kappa shape index (κ1) is 12.8. The van der Waals surface area contributed by atoms with Crippen LogP contribution >= 0.6 is 0 Å². The Morgan fingerprint density at radius 3 is 2.81 bits per heavy atom. The van der Waals surface area contributed by atoms with Gasteiger partial charge in [-0.2, -0.15) is 0 Å². The fourth-order valence-electron chi connectivity index (χ4n) is 2.73. The number of ether oxygens (including phenoxy) is 1. The van der Waals surface area contributed by atoms with Crippen LogP contribution in [0.15, 0.2) is 18.3 Å². The van der Waals surface area contributed by atoms with Gasteiger partial charge < -0.3 is 9.64 Å². The largest absolute Gasteiger partial charge is 0.378 e. The summed E-state index contributed by atoms with van der Waals surface area (Å²) >= 11 is 0. The van der Waals surface area contributed by atoms with E-state index in [1.54, 1.807) is 0 Å². The molecule has 1 saturated carbocycles. The fraction of sp³-hybridized carbons (Fsp3) is 0.533. The molecule has 1 amide bonds. The van der Waals surface area contributed by atoms with Gasteiger partial charge in [0.25, 0.3) is 5.91 Å². The molecule has 0 atom stereocenters. The molecule has 2 aromatic rings. The number of carbonyl (C=O) groups excluding carboxylic acids is 1. The highest BCUT2D eigenvalue weighted by Crippen LogP contribution is 2.32. The summed E-state index contributed by atoms with van der Waals surface area (Å²) in [6.45, 7) is 2.56. The molecule has 3 heterocycles. The van der Waals surface area contributed by atoms with Crippen molar-refractivity contribution in [3.8, 4) is 0 Å². The molecule has 2 aliphatic rings. The smallest absolute Gasteiger partial charge is 0.255 e. The van der Waals surface area contributed by atoms with Crippen LogP contribution in [-0.2, 0) is 11.2 Å². The Morgan fingerprint density at radius 2 is 2.05 bits per heavy atom. The van der Waals surface area contributed by atoms with Crippen molar-refractivity contribution in [3.05, 3.63) is 29.7 Å². The number of carbonyl (C=O) groups is 1. The maximum absolute atomic E-state index is 12.5. The van der Waals surface area contributed by atoms with Crippen molar-refractivity contribution < 1.29 is 9.53 Å². The zero-order valence-electron chi connectivity index (χ0n) is 11.9. The van der Waals surface area contributed by atoms with Crippen molar-refractivity contribution in [2.75, 3.05) is 26.3 Å². The maximum Gasteiger partial charge on any atom is 0.255 e. The van der Waals surface area contributed by atoms with Crippen LogP contribution in [0.3, 0.4) is 0 Å². The zero-order chi connectivity index (χ0) is 14.2. The van der Waals surface area contributed by atoms with E-state index >= 15 is 0 Å². The van der Waals surface area contributed by atoms with Crippen molar-refractivity contribution in [1.29, 1.82) is 0 Å². The second-order valence-corrected chi connectivity index (χ2v) is 5.81. The molecule has 6 heteroatoms. The third kappa shape index (κ3) is 2.51. The lowest BCUT2D eigenvalue weighted by atomic mass is 10.2. The molecule has 2 aromatic heterocycles. The lowest BCUT2D eigenvalue weighted by Crippen LogP contribution is -2.40. The molecule has 1 aliphatic carbocycles. The Labute approximate surface area is 122 Å². The highest BCUT2D eigenvalue weighted by atomic mass is 16.5. The van der Waals surface area contributed by atoms with Crippen LogP contribution < -0.4 is 0 Å². The van der Waals surface area contributed by atoms with Crippen molar-refractivity contribution in [2.24, 2.45) is 5.92 Å². The van der Waals surface area contributed by atoms with E-state index in [1.807, 2.05) is 27.6 Å². The monoisotopic (exact) mass is 286 g/mol. The number of hydrogen-bond donors (Lipinski definition) is 0. The molecular weight excluding hydrogens is 268 g/mol. The Hall–Kier alpha value is -1.95. The van der Waals surface area contributed by atoms with E-state index in [0.717, 1.165) is 23.8 Å². The highest BCUT2D eigenvalue weighted by molar-refractivity contribution is 5.94. The normalized spacial score (nSPS) is 19.1. The molecule has 6 nitrogen and oxygen atoms in total. The quantitative estimate of drug-likeness (QED) is 0.849. The lowest BCUT2D eigenvalue weighted by Gasteiger charge is -2.26. The molecule has 0 bridgehead atoms. The van der Waals surface area contributed by atoms with Crippen LogP contribution in [0.1, 0.15) is 29.0 Å². The molecule has 1 aliphatic heterocycles. The van der Waals surface area contributed by atoms with Crippen molar-refractivity contribution in [3.63, 3.8) is 0 Å². The summed E-state index contributed by atoms with van der Waals surface area (Å²) in [7, 11) is 0. The second-order valence-electron chi connectivity index (χ2n) is 5.81. The average molecular weight is 286 g/mol. The van der Waals surface area contributed by atoms with Gasteiger partial charge in [-0.3, -0.25) is 9.20 Å². The molecular formula is C15H18N4O2. The molecule has 110 valence electrons. The van der Waals surface area contributed by atoms with E-state index in [2.05, 4.69) is 10.2 Å². The summed E-state index contributed by atoms with van der Waals surface area (Å²) in [5, 5.41) is 8.44. The molecule has 1 saturated heterocycles. The summed E-state index contributed by atoms with van der Waals surface area (Å²) in [5.74, 6) is 1.77. The van der Waals surface area contributed by atoms with Gasteiger partial charge in [0.1, 0.15) is 5.82 Å². The topological polar surface area (TPSA) is 59.7 Å². The molecule has 0 N–H and O–H groups in total. The number of pyridine rings is 1. The van der Waals surface area contributed by atoms with Crippen molar-refractivity contribution in [2.45, 2.75) is 19.3 Å². The summed E-state index contributed by atoms with van der Waals surface area (Å²) in [5.41, 5.74) is 1.51. The number of fused-ring (bicyclic) bond motifs is 1. The number of aromatic nitrogens is 3. The van der Waals surface area contributed by atoms with E-state index < -0.39 is 0 Å². The summed E-state index contributed by atoms with van der Waals surface area (Å²) in [6.07, 6.45) is 5.39. The predicted octanol–water partition coefficient (Wildman–Crippen LogP) is 1.15. The van der Waals surface area contributed by atoms with Gasteiger partial charge in [-0.25, -0.2) is 0 Å². The molecule has 4 rings (SSSR count). The Balaban J connectivity index is 1.63. The van der Waals surface area contributed by atoms with Crippen LogP contribution in [0.25, 0.3) is 5.65 Å². The van der Waals surface area contributed by atoms with Crippen LogP contribution in [0, 0.1) is 5.92 Å². The standard InChI is InChI=1S/C15H18N4O2/c20-15(18-5-7-21-8-6-18)12-3-4-13-16-17-14(19(13)10-12)9-11-1-2-11/h3-4,10-11H,1-2,5-9H2. The van der Waals surface area contributed by atoms with E-state index in [9.17, 15) is 4.79 Å². The van der Waals surface area contributed by atoms with Crippen LogP contribution in [-0.4, -0.2) is 51.7 Å². The van der Waals surface area contributed by atoms with Gasteiger partial charge in [-0.15, -0.1) is 10.2 Å². The Kier molecular flexibility index (Phi) is 3.11. The van der Waals surface area contributed by atoms with Gasteiger partial charge in [0.2, 0.25) is 0 Å². The van der Waals surface area contributed by atoms with Gasteiger partial charge >= 0.3 is 0 Å². The Bertz CT molecular complexity index is 671. The van der Waals surface area contributed by atoms with E-state index in [0.29, 0.717) is 31.9 Å². The number of amides is 1. The van der Waals surface area contributed by atoms with Crippen LogP contribution in [0.5, 0.6) is 0 Å². The maximum atomic E-state index is 12.5. The van der Waals surface area contributed by atoms with Gasteiger partial charge in [0.15, 0.2) is 5.65 Å². The zero-order valence-corrected chi connectivity index (χ0v) is 11.9. The minimum Gasteiger partial charge on any atom is -0.378 e. The minimum absolute atomic E-state index is 0.0614. The first-order valence-electron chi connectivity index (χ1n) is 7.52. The lowest BCUT2D eigenvalue weighted by molar-refractivity contribution is 0.0302. The minimum atomic E-state index is 0.0614. The third-order valence-corrected chi connectivity index (χ3v) is 4.19. The number of nitrogens with zero attached hydrogens (tertiary/aromatic N) is 4. The SMILES string of the molecule is O=C(c1ccc2nnc(CC3CC3)n2c1)N1CCOCC1. The molecule has 21 heavy (non-hydrogen) atoms. The van der Waals surface area contributed by atoms with Gasteiger partial charge in [0, 0.05) is 25.7 Å². The highest BCUT2D eigenvalue weighted by Gasteiger charge is 2.24. The van der Waals surface area contributed by atoms with E-state index in [1.165, 1.54) is 12.8 Å². The first-order valence-corrected chi connectivity index (χ1v) is 7.52. The fourth-order valence-corrected chi connectivity index (χ4v) is 2.73. The van der Waals surface area contributed by atoms with Gasteiger partial charge in [-0.1, -0.05) is 0 Å². The number of morpholine rings is 1. The third-order valence-electron chi connectivity index (χ3n) is 4.19. The summed E-state index contributed by atoms with van der Waals surface area (Å²) < 4.78 is 7.26. The van der Waals surface area contributed by atoms with Gasteiger partial charge in [-0.05, 0) is 30.9 Å². The van der Waals surface area contributed by atoms with E-state index in [4.69, 9.17) is 4.74 Å². The van der Waals surface area contributed by atoms with E-state index in [-0.39, 0.29) is 5.91 Å². The van der Waals surface area contributed by atoms with Crippen molar-refractivity contribution >= 4 is 11.6 Å². The molecule has 2 fully saturated rings. The Morgan fingerprint density at radius 1 is 1.24 bits per heavy atom. The molecule has 0 unspecified atom stereocenters. The number of hydrogen-bond acceptors (Lipinski definition) is 4. The van der Waals surface area contributed by atoms with Crippen LogP contribution in [0.4, 0.5) is 0 Å². The summed E-state index contributed by atoms with van der Waals surface area (Å²) in [4.78, 5) is 14.4. The van der Waals surface area contributed by atoms with Crippen molar-refractivity contribution in [1.82, 2.24) is 19.5 Å². The molecule has 0 aromatic carbocycles. The average Bonchev–Trinajstić information content (AvgIpc) is 3.27. The molecule has 0 spiro atoms.